The molecule has 0 aromatic heterocycles. The number of rotatable bonds is 5. The van der Waals surface area contributed by atoms with E-state index in [-0.39, 0.29) is 27.1 Å². The number of halogens is 1. The molecule has 0 saturated heterocycles. The number of amides is 1. The molecule has 1 fully saturated rings. The Balaban J connectivity index is 2.34. The smallest absolute Gasteiger partial charge is 0.336 e. The maximum Gasteiger partial charge on any atom is 0.336 e. The van der Waals surface area contributed by atoms with Crippen molar-refractivity contribution in [3.8, 4) is 0 Å². The molecule has 114 valence electrons. The van der Waals surface area contributed by atoms with E-state index in [2.05, 4.69) is 5.32 Å². The summed E-state index contributed by atoms with van der Waals surface area (Å²) in [6.45, 7) is 1.38. The zero-order valence-electron chi connectivity index (χ0n) is 11.2. The monoisotopic (exact) mass is 331 g/mol. The van der Waals surface area contributed by atoms with Crippen LogP contribution in [0.2, 0.25) is 5.02 Å². The van der Waals surface area contributed by atoms with E-state index in [1.165, 1.54) is 19.1 Å². The molecule has 21 heavy (non-hydrogen) atoms. The van der Waals surface area contributed by atoms with E-state index < -0.39 is 27.5 Å². The van der Waals surface area contributed by atoms with Gasteiger partial charge in [-0.3, -0.25) is 4.79 Å². The topological polar surface area (TPSA) is 101 Å². The van der Waals surface area contributed by atoms with Gasteiger partial charge in [-0.1, -0.05) is 11.6 Å². The van der Waals surface area contributed by atoms with E-state index in [0.29, 0.717) is 0 Å². The van der Waals surface area contributed by atoms with Crippen LogP contribution >= 0.6 is 11.6 Å². The molecule has 1 amide bonds. The Bertz CT molecular complexity index is 710. The van der Waals surface area contributed by atoms with Crippen molar-refractivity contribution in [2.24, 2.45) is 0 Å². The number of hydrogen-bond donors (Lipinski definition) is 2. The van der Waals surface area contributed by atoms with E-state index in [4.69, 9.17) is 16.7 Å². The maximum absolute atomic E-state index is 12.3. The molecule has 1 aliphatic rings. The Morgan fingerprint density at radius 2 is 2.00 bits per heavy atom. The molecule has 1 aromatic rings. The average Bonchev–Trinajstić information content (AvgIpc) is 3.14. The number of aromatic carboxylic acids is 1. The SMILES string of the molecule is Cc1c(C(=O)O)cc(Cl)cc1S(=O)(=O)CC(=O)NC1CC1. The summed E-state index contributed by atoms with van der Waals surface area (Å²) in [6, 6.07) is 2.41. The highest BCUT2D eigenvalue weighted by Gasteiger charge is 2.28. The molecule has 8 heteroatoms. The predicted molar refractivity (Wildman–Crippen MR) is 76.4 cm³/mol. The Morgan fingerprint density at radius 3 is 2.52 bits per heavy atom. The van der Waals surface area contributed by atoms with Crippen molar-refractivity contribution < 1.29 is 23.1 Å². The Labute approximate surface area is 127 Å². The Morgan fingerprint density at radius 1 is 1.38 bits per heavy atom. The van der Waals surface area contributed by atoms with Gasteiger partial charge < -0.3 is 10.4 Å². The molecule has 2 rings (SSSR count). The molecular weight excluding hydrogens is 318 g/mol. The van der Waals surface area contributed by atoms with Crippen molar-refractivity contribution >= 4 is 33.3 Å². The second kappa shape index (κ2) is 5.65. The summed E-state index contributed by atoms with van der Waals surface area (Å²) in [5.41, 5.74) is -0.116. The first-order valence-electron chi connectivity index (χ1n) is 6.26. The number of carboxylic acids is 1. The minimum absolute atomic E-state index is 0.000763. The third kappa shape index (κ3) is 3.74. The number of carbonyl (C=O) groups is 2. The second-order valence-electron chi connectivity index (χ2n) is 4.98. The highest BCUT2D eigenvalue weighted by atomic mass is 35.5. The zero-order chi connectivity index (χ0) is 15.8. The summed E-state index contributed by atoms with van der Waals surface area (Å²) in [4.78, 5) is 22.5. The zero-order valence-corrected chi connectivity index (χ0v) is 12.8. The third-order valence-electron chi connectivity index (χ3n) is 3.15. The molecular formula is C13H14ClNO5S. The lowest BCUT2D eigenvalue weighted by molar-refractivity contribution is -0.118. The first-order chi connectivity index (χ1) is 9.70. The molecule has 0 aliphatic heterocycles. The lowest BCUT2D eigenvalue weighted by Gasteiger charge is -2.11. The second-order valence-corrected chi connectivity index (χ2v) is 7.38. The normalized spacial score (nSPS) is 14.8. The van der Waals surface area contributed by atoms with Gasteiger partial charge in [0.05, 0.1) is 10.5 Å². The number of hydrogen-bond acceptors (Lipinski definition) is 4. The van der Waals surface area contributed by atoms with Gasteiger partial charge in [-0.2, -0.15) is 0 Å². The van der Waals surface area contributed by atoms with Crippen molar-refractivity contribution in [1.29, 1.82) is 0 Å². The maximum atomic E-state index is 12.3. The van der Waals surface area contributed by atoms with Crippen molar-refractivity contribution in [3.63, 3.8) is 0 Å². The number of sulfone groups is 1. The summed E-state index contributed by atoms with van der Waals surface area (Å²) >= 11 is 5.77. The van der Waals surface area contributed by atoms with Gasteiger partial charge in [-0.25, -0.2) is 13.2 Å². The highest BCUT2D eigenvalue weighted by Crippen LogP contribution is 2.26. The first-order valence-corrected chi connectivity index (χ1v) is 8.29. The molecule has 0 spiro atoms. The van der Waals surface area contributed by atoms with Crippen LogP contribution in [0.5, 0.6) is 0 Å². The van der Waals surface area contributed by atoms with Crippen molar-refractivity contribution in [3.05, 3.63) is 28.3 Å². The molecule has 1 aromatic carbocycles. The molecule has 0 atom stereocenters. The lowest BCUT2D eigenvalue weighted by atomic mass is 10.1. The van der Waals surface area contributed by atoms with Gasteiger partial charge in [0, 0.05) is 11.1 Å². The summed E-state index contributed by atoms with van der Waals surface area (Å²) in [7, 11) is -3.95. The molecule has 1 saturated carbocycles. The van der Waals surface area contributed by atoms with Crippen LogP contribution in [-0.2, 0) is 14.6 Å². The third-order valence-corrected chi connectivity index (χ3v) is 5.11. The van der Waals surface area contributed by atoms with Crippen LogP contribution < -0.4 is 5.32 Å². The number of carbonyl (C=O) groups excluding carboxylic acids is 1. The van der Waals surface area contributed by atoms with Gasteiger partial charge in [0.25, 0.3) is 0 Å². The van der Waals surface area contributed by atoms with E-state index in [0.717, 1.165) is 12.8 Å². The molecule has 0 heterocycles. The quantitative estimate of drug-likeness (QED) is 0.849. The molecule has 0 radical (unpaired) electrons. The molecule has 0 bridgehead atoms. The van der Waals surface area contributed by atoms with Gasteiger partial charge in [0.15, 0.2) is 9.84 Å². The van der Waals surface area contributed by atoms with Crippen molar-refractivity contribution in [2.45, 2.75) is 30.7 Å². The molecule has 0 unspecified atom stereocenters. The van der Waals surface area contributed by atoms with Gasteiger partial charge in [-0.05, 0) is 37.5 Å². The minimum Gasteiger partial charge on any atom is -0.478 e. The predicted octanol–water partition coefficient (Wildman–Crippen LogP) is 1.40. The van der Waals surface area contributed by atoms with Gasteiger partial charge in [0.2, 0.25) is 5.91 Å². The van der Waals surface area contributed by atoms with E-state index in [1.54, 1.807) is 0 Å². The van der Waals surface area contributed by atoms with Gasteiger partial charge in [0.1, 0.15) is 5.75 Å². The van der Waals surface area contributed by atoms with Crippen molar-refractivity contribution in [1.82, 2.24) is 5.32 Å². The fourth-order valence-corrected chi connectivity index (χ4v) is 3.70. The lowest BCUT2D eigenvalue weighted by Crippen LogP contribution is -2.32. The van der Waals surface area contributed by atoms with Crippen LogP contribution in [0.15, 0.2) is 17.0 Å². The minimum atomic E-state index is -3.95. The Kier molecular flexibility index (Phi) is 4.25. The van der Waals surface area contributed by atoms with E-state index in [9.17, 15) is 18.0 Å². The van der Waals surface area contributed by atoms with Crippen LogP contribution in [0.3, 0.4) is 0 Å². The Hall–Kier alpha value is -1.60. The van der Waals surface area contributed by atoms with E-state index in [1.807, 2.05) is 0 Å². The fourth-order valence-electron chi connectivity index (χ4n) is 1.95. The largest absolute Gasteiger partial charge is 0.478 e. The van der Waals surface area contributed by atoms with Crippen LogP contribution in [0.1, 0.15) is 28.8 Å². The van der Waals surface area contributed by atoms with Crippen LogP contribution in [0.4, 0.5) is 0 Å². The highest BCUT2D eigenvalue weighted by molar-refractivity contribution is 7.92. The number of benzene rings is 1. The van der Waals surface area contributed by atoms with Gasteiger partial charge >= 0.3 is 5.97 Å². The fraction of sp³-hybridized carbons (Fsp3) is 0.385. The summed E-state index contributed by atoms with van der Waals surface area (Å²) in [6.07, 6.45) is 1.70. The number of carboxylic acid groups (broad SMARTS) is 1. The first kappa shape index (κ1) is 15.8. The molecule has 2 N–H and O–H groups in total. The molecule has 1 aliphatic carbocycles. The van der Waals surface area contributed by atoms with Crippen molar-refractivity contribution in [2.75, 3.05) is 5.75 Å². The summed E-state index contributed by atoms with van der Waals surface area (Å²) < 4.78 is 24.6. The van der Waals surface area contributed by atoms with Crippen LogP contribution in [0, 0.1) is 6.92 Å². The standard InChI is InChI=1S/C13H14ClNO5S/c1-7-10(13(17)18)4-8(14)5-11(7)21(19,20)6-12(16)15-9-2-3-9/h4-5,9H,2-3,6H2,1H3,(H,15,16)(H,17,18). The summed E-state index contributed by atoms with van der Waals surface area (Å²) in [5, 5.41) is 11.6. The summed E-state index contributed by atoms with van der Waals surface area (Å²) in [5.74, 6) is -2.58. The van der Waals surface area contributed by atoms with Crippen LogP contribution in [0.25, 0.3) is 0 Å². The van der Waals surface area contributed by atoms with Gasteiger partial charge in [-0.15, -0.1) is 0 Å². The average molecular weight is 332 g/mol. The van der Waals surface area contributed by atoms with Crippen LogP contribution in [-0.4, -0.2) is 37.2 Å². The van der Waals surface area contributed by atoms with E-state index >= 15 is 0 Å². The number of nitrogens with one attached hydrogen (secondary N) is 1. The molecule has 6 nitrogen and oxygen atoms in total.